The first-order valence-corrected chi connectivity index (χ1v) is 11.8. The van der Waals surface area contributed by atoms with Crippen LogP contribution in [-0.2, 0) is 19.3 Å². The maximum Gasteiger partial charge on any atom is 0.336 e. The van der Waals surface area contributed by atoms with Crippen molar-refractivity contribution >= 4 is 17.3 Å². The summed E-state index contributed by atoms with van der Waals surface area (Å²) in [6.07, 6.45) is 12.1. The summed E-state index contributed by atoms with van der Waals surface area (Å²) in [5, 5.41) is 9.47. The lowest BCUT2D eigenvalue weighted by Gasteiger charge is -2.30. The summed E-state index contributed by atoms with van der Waals surface area (Å²) in [7, 11) is 0. The van der Waals surface area contributed by atoms with Crippen LogP contribution in [0, 0.1) is 0 Å². The molecule has 1 unspecified atom stereocenters. The lowest BCUT2D eigenvalue weighted by atomic mass is 9.79. The van der Waals surface area contributed by atoms with E-state index in [0.717, 1.165) is 37.8 Å². The van der Waals surface area contributed by atoms with Crippen molar-refractivity contribution in [3.63, 3.8) is 0 Å². The fraction of sp³-hybridized carbons (Fsp3) is 0.357. The van der Waals surface area contributed by atoms with Crippen molar-refractivity contribution in [3.8, 4) is 0 Å². The summed E-state index contributed by atoms with van der Waals surface area (Å²) >= 11 is 0. The fourth-order valence-electron chi connectivity index (χ4n) is 5.49. The van der Waals surface area contributed by atoms with Crippen LogP contribution >= 0.6 is 0 Å². The van der Waals surface area contributed by atoms with Crippen LogP contribution in [0.15, 0.2) is 60.9 Å². The second-order valence-corrected chi connectivity index (χ2v) is 9.09. The number of nitrogens with zero attached hydrogens (tertiary/aromatic N) is 2. The van der Waals surface area contributed by atoms with Gasteiger partial charge in [0.2, 0.25) is 0 Å². The topological polar surface area (TPSA) is 53.4 Å². The maximum absolute atomic E-state index is 11.5. The molecule has 1 aliphatic heterocycles. The number of carbonyl (C=O) groups is 1. The first-order chi connectivity index (χ1) is 15.7. The number of carboxylic acids is 1. The Bertz CT molecular complexity index is 1120. The quantitative estimate of drug-likeness (QED) is 0.520. The van der Waals surface area contributed by atoms with E-state index < -0.39 is 5.97 Å². The fourth-order valence-corrected chi connectivity index (χ4v) is 5.49. The zero-order valence-corrected chi connectivity index (χ0v) is 18.5. The number of hydrogen-bond acceptors (Lipinski definition) is 3. The second kappa shape index (κ2) is 9.15. The lowest BCUT2D eigenvalue weighted by Crippen LogP contribution is -2.19. The summed E-state index contributed by atoms with van der Waals surface area (Å²) in [5.74, 6) is -0.389. The van der Waals surface area contributed by atoms with Crippen molar-refractivity contribution in [3.05, 3.63) is 88.7 Å². The number of aromatic carboxylic acids is 1. The third kappa shape index (κ3) is 4.14. The molecule has 1 aromatic heterocycles. The molecular weight excluding hydrogens is 396 g/mol. The summed E-state index contributed by atoms with van der Waals surface area (Å²) in [5.41, 5.74) is 8.24. The molecule has 0 fully saturated rings. The minimum absolute atomic E-state index is 0.381. The Morgan fingerprint density at radius 2 is 1.91 bits per heavy atom. The number of carboxylic acid groups (broad SMARTS) is 1. The van der Waals surface area contributed by atoms with E-state index in [-0.39, 0.29) is 0 Å². The SMILES string of the molecule is O=C(O)c1ccncc1CCC1CCCc2cc(N3CCCCc4ccccc43)ccc21. The maximum atomic E-state index is 11.5. The predicted molar refractivity (Wildman–Crippen MR) is 128 cm³/mol. The molecular formula is C28H30N2O2. The van der Waals surface area contributed by atoms with Crippen LogP contribution in [0.1, 0.15) is 70.6 Å². The van der Waals surface area contributed by atoms with Crippen LogP contribution in [0.4, 0.5) is 11.4 Å². The van der Waals surface area contributed by atoms with Gasteiger partial charge < -0.3 is 10.0 Å². The van der Waals surface area contributed by atoms with Gasteiger partial charge in [-0.15, -0.1) is 0 Å². The van der Waals surface area contributed by atoms with Crippen molar-refractivity contribution in [2.75, 3.05) is 11.4 Å². The van der Waals surface area contributed by atoms with Crippen LogP contribution in [0.5, 0.6) is 0 Å². The third-order valence-electron chi connectivity index (χ3n) is 7.13. The van der Waals surface area contributed by atoms with E-state index in [1.165, 1.54) is 53.7 Å². The Hall–Kier alpha value is -3.14. The normalized spacial score (nSPS) is 17.9. The lowest BCUT2D eigenvalue weighted by molar-refractivity contribution is 0.0695. The highest BCUT2D eigenvalue weighted by atomic mass is 16.4. The smallest absolute Gasteiger partial charge is 0.336 e. The van der Waals surface area contributed by atoms with Crippen LogP contribution in [0.3, 0.4) is 0 Å². The molecule has 0 amide bonds. The van der Waals surface area contributed by atoms with Crippen LogP contribution in [-0.4, -0.2) is 22.6 Å². The van der Waals surface area contributed by atoms with E-state index >= 15 is 0 Å². The van der Waals surface area contributed by atoms with Crippen molar-refractivity contribution < 1.29 is 9.90 Å². The van der Waals surface area contributed by atoms with Gasteiger partial charge in [0.15, 0.2) is 0 Å². The molecule has 0 saturated carbocycles. The average Bonchev–Trinajstić information content (AvgIpc) is 3.05. The van der Waals surface area contributed by atoms with Gasteiger partial charge in [-0.25, -0.2) is 4.79 Å². The molecule has 1 N–H and O–H groups in total. The van der Waals surface area contributed by atoms with Gasteiger partial charge in [0.25, 0.3) is 0 Å². The standard InChI is InChI=1S/C28H30N2O2/c31-28(32)26-15-16-29-19-23(26)12-11-20-8-5-9-22-18-24(13-14-25(20)22)30-17-4-3-7-21-6-1-2-10-27(21)30/h1-2,6,10,13-16,18-20H,3-5,7-9,11-12,17H2,(H,31,32). The van der Waals surface area contributed by atoms with Crippen LogP contribution in [0.25, 0.3) is 0 Å². The first-order valence-electron chi connectivity index (χ1n) is 11.8. The molecule has 0 bridgehead atoms. The molecule has 32 heavy (non-hydrogen) atoms. The number of fused-ring (bicyclic) bond motifs is 2. The molecule has 2 aliphatic rings. The molecule has 3 aromatic rings. The van der Waals surface area contributed by atoms with Crippen molar-refractivity contribution in [1.82, 2.24) is 4.98 Å². The molecule has 0 radical (unpaired) electrons. The average molecular weight is 427 g/mol. The third-order valence-corrected chi connectivity index (χ3v) is 7.13. The number of aromatic nitrogens is 1. The van der Waals surface area contributed by atoms with Gasteiger partial charge in [-0.1, -0.05) is 24.3 Å². The molecule has 5 rings (SSSR count). The Labute approximate surface area is 189 Å². The minimum atomic E-state index is -0.867. The van der Waals surface area contributed by atoms with E-state index in [1.807, 2.05) is 0 Å². The van der Waals surface area contributed by atoms with Gasteiger partial charge >= 0.3 is 5.97 Å². The van der Waals surface area contributed by atoms with E-state index in [1.54, 1.807) is 18.5 Å². The number of hydrogen-bond donors (Lipinski definition) is 1. The highest BCUT2D eigenvalue weighted by Gasteiger charge is 2.23. The second-order valence-electron chi connectivity index (χ2n) is 9.09. The summed E-state index contributed by atoms with van der Waals surface area (Å²) in [4.78, 5) is 18.2. The molecule has 0 saturated heterocycles. The van der Waals surface area contributed by atoms with Crippen LogP contribution < -0.4 is 4.90 Å². The highest BCUT2D eigenvalue weighted by molar-refractivity contribution is 5.89. The van der Waals surface area contributed by atoms with E-state index in [9.17, 15) is 9.90 Å². The molecule has 0 spiro atoms. The number of aryl methyl sites for hydroxylation is 3. The number of para-hydroxylation sites is 1. The number of anilines is 2. The summed E-state index contributed by atoms with van der Waals surface area (Å²) in [6, 6.07) is 17.5. The molecule has 2 aromatic carbocycles. The van der Waals surface area contributed by atoms with Gasteiger partial charge in [0, 0.05) is 30.3 Å². The van der Waals surface area contributed by atoms with Crippen LogP contribution in [0.2, 0.25) is 0 Å². The molecule has 4 nitrogen and oxygen atoms in total. The number of benzene rings is 2. The molecule has 164 valence electrons. The van der Waals surface area contributed by atoms with Crippen molar-refractivity contribution in [2.45, 2.75) is 57.3 Å². The van der Waals surface area contributed by atoms with E-state index in [4.69, 9.17) is 0 Å². The predicted octanol–water partition coefficient (Wildman–Crippen LogP) is 6.31. The van der Waals surface area contributed by atoms with Crippen molar-refractivity contribution in [1.29, 1.82) is 0 Å². The van der Waals surface area contributed by atoms with Crippen molar-refractivity contribution in [2.24, 2.45) is 0 Å². The first kappa shape index (κ1) is 20.7. The number of pyridine rings is 1. The highest BCUT2D eigenvalue weighted by Crippen LogP contribution is 2.39. The Balaban J connectivity index is 1.38. The Morgan fingerprint density at radius 3 is 2.81 bits per heavy atom. The van der Waals surface area contributed by atoms with E-state index in [2.05, 4.69) is 52.3 Å². The zero-order valence-electron chi connectivity index (χ0n) is 18.5. The Kier molecular flexibility index (Phi) is 5.93. The molecule has 4 heteroatoms. The minimum Gasteiger partial charge on any atom is -0.478 e. The molecule has 2 heterocycles. The van der Waals surface area contributed by atoms with Gasteiger partial charge in [-0.3, -0.25) is 4.98 Å². The van der Waals surface area contributed by atoms with Gasteiger partial charge in [0.1, 0.15) is 0 Å². The van der Waals surface area contributed by atoms with E-state index in [0.29, 0.717) is 11.5 Å². The molecule has 1 aliphatic carbocycles. The van der Waals surface area contributed by atoms with Gasteiger partial charge in [-0.2, -0.15) is 0 Å². The summed E-state index contributed by atoms with van der Waals surface area (Å²) < 4.78 is 0. The van der Waals surface area contributed by atoms with Gasteiger partial charge in [0.05, 0.1) is 5.56 Å². The molecule has 1 atom stereocenters. The zero-order chi connectivity index (χ0) is 21.9. The van der Waals surface area contributed by atoms with Gasteiger partial charge in [-0.05, 0) is 104 Å². The number of rotatable bonds is 5. The largest absolute Gasteiger partial charge is 0.478 e. The summed E-state index contributed by atoms with van der Waals surface area (Å²) in [6.45, 7) is 1.07. The Morgan fingerprint density at radius 1 is 1.03 bits per heavy atom. The monoisotopic (exact) mass is 426 g/mol.